The molecule has 1 heterocycles. The van der Waals surface area contributed by atoms with Gasteiger partial charge in [-0.2, -0.15) is 4.37 Å². The van der Waals surface area contributed by atoms with E-state index < -0.39 is 16.8 Å². The average molecular weight is 363 g/mol. The summed E-state index contributed by atoms with van der Waals surface area (Å²) >= 11 is 7.17. The summed E-state index contributed by atoms with van der Waals surface area (Å²) in [7, 11) is -1.78. The average Bonchev–Trinajstić information content (AvgIpc) is 2.99. The van der Waals surface area contributed by atoms with Crippen LogP contribution in [0.4, 0.5) is 15.2 Å². The summed E-state index contributed by atoms with van der Waals surface area (Å²) in [6.45, 7) is 2.83. The van der Waals surface area contributed by atoms with Gasteiger partial charge in [0, 0.05) is 18.1 Å². The van der Waals surface area contributed by atoms with Crippen molar-refractivity contribution in [3.63, 3.8) is 0 Å². The fraction of sp³-hybridized carbons (Fsp3) is 0.385. The van der Waals surface area contributed by atoms with Crippen molar-refractivity contribution in [3.05, 3.63) is 29.3 Å². The van der Waals surface area contributed by atoms with Gasteiger partial charge in [-0.05, 0) is 18.6 Å². The molecule has 22 heavy (non-hydrogen) atoms. The molecule has 0 radical (unpaired) electrons. The van der Waals surface area contributed by atoms with Gasteiger partial charge < -0.3 is 5.32 Å². The Balaban J connectivity index is 2.07. The molecule has 120 valence electrons. The van der Waals surface area contributed by atoms with Crippen LogP contribution in [0.3, 0.4) is 0 Å². The van der Waals surface area contributed by atoms with Crippen LogP contribution in [0.15, 0.2) is 23.4 Å². The lowest BCUT2D eigenvalue weighted by Crippen LogP contribution is -2.08. The number of unbranched alkanes of at least 4 members (excludes halogenated alkanes) is 2. The molecule has 1 atom stereocenters. The molecule has 1 aromatic heterocycles. The third kappa shape index (κ3) is 4.62. The molecule has 0 saturated carbocycles. The standard InChI is InChI=1S/C13H16ClFN4OS2/c1-2-3-4-5-16-11-7-10(15)12(6-9(11)14)22(20)19-13-17-8-18-21-13/h6-8,16H,2-5H2,1H3,(H,17,18,19). The number of benzene rings is 1. The SMILES string of the molecule is CCCCCNc1cc(F)c(S(=O)Nc2ncns2)cc1Cl. The molecule has 0 amide bonds. The molecule has 0 fully saturated rings. The first-order valence-electron chi connectivity index (χ1n) is 6.79. The molecule has 5 nitrogen and oxygen atoms in total. The first kappa shape index (κ1) is 17.1. The Morgan fingerprint density at radius 2 is 2.23 bits per heavy atom. The third-order valence-electron chi connectivity index (χ3n) is 2.86. The summed E-state index contributed by atoms with van der Waals surface area (Å²) in [5.41, 5.74) is 0.506. The van der Waals surface area contributed by atoms with Crippen LogP contribution >= 0.6 is 23.1 Å². The van der Waals surface area contributed by atoms with E-state index in [-0.39, 0.29) is 4.90 Å². The number of nitrogens with zero attached hydrogens (tertiary/aromatic N) is 2. The van der Waals surface area contributed by atoms with Crippen LogP contribution < -0.4 is 10.0 Å². The largest absolute Gasteiger partial charge is 0.384 e. The maximum atomic E-state index is 14.1. The zero-order chi connectivity index (χ0) is 15.9. The number of halogens is 2. The Bertz CT molecular complexity index is 639. The van der Waals surface area contributed by atoms with Crippen LogP contribution in [0.25, 0.3) is 0 Å². The van der Waals surface area contributed by atoms with E-state index in [0.717, 1.165) is 37.3 Å². The van der Waals surface area contributed by atoms with Crippen molar-refractivity contribution in [3.8, 4) is 0 Å². The summed E-state index contributed by atoms with van der Waals surface area (Å²) < 4.78 is 32.6. The van der Waals surface area contributed by atoms with Gasteiger partial charge >= 0.3 is 0 Å². The van der Waals surface area contributed by atoms with Crippen molar-refractivity contribution in [1.29, 1.82) is 0 Å². The fourth-order valence-electron chi connectivity index (χ4n) is 1.76. The maximum Gasteiger partial charge on any atom is 0.214 e. The van der Waals surface area contributed by atoms with Crippen LogP contribution in [0.2, 0.25) is 5.02 Å². The molecule has 2 aromatic rings. The van der Waals surface area contributed by atoms with Crippen LogP contribution in [0, 0.1) is 5.82 Å². The Hall–Kier alpha value is -1.25. The number of aromatic nitrogens is 2. The zero-order valence-electron chi connectivity index (χ0n) is 11.9. The molecular formula is C13H16ClFN4OS2. The van der Waals surface area contributed by atoms with Gasteiger partial charge in [-0.25, -0.2) is 13.6 Å². The Morgan fingerprint density at radius 1 is 1.41 bits per heavy atom. The highest BCUT2D eigenvalue weighted by Crippen LogP contribution is 2.28. The van der Waals surface area contributed by atoms with Gasteiger partial charge in [0.05, 0.1) is 15.6 Å². The molecule has 2 rings (SSSR count). The Morgan fingerprint density at radius 3 is 2.91 bits per heavy atom. The van der Waals surface area contributed by atoms with Crippen molar-refractivity contribution in [2.45, 2.75) is 31.1 Å². The molecule has 0 spiro atoms. The van der Waals surface area contributed by atoms with E-state index in [1.807, 2.05) is 0 Å². The highest BCUT2D eigenvalue weighted by Gasteiger charge is 2.15. The van der Waals surface area contributed by atoms with Crippen LogP contribution in [0.1, 0.15) is 26.2 Å². The second-order valence-corrected chi connectivity index (χ2v) is 6.88. The maximum absolute atomic E-state index is 14.1. The van der Waals surface area contributed by atoms with Crippen molar-refractivity contribution in [2.24, 2.45) is 0 Å². The van der Waals surface area contributed by atoms with Crippen LogP contribution in [0.5, 0.6) is 0 Å². The van der Waals surface area contributed by atoms with E-state index in [0.29, 0.717) is 15.8 Å². The minimum atomic E-state index is -1.78. The summed E-state index contributed by atoms with van der Waals surface area (Å²) in [6.07, 6.45) is 4.53. The van der Waals surface area contributed by atoms with E-state index in [2.05, 4.69) is 26.3 Å². The monoisotopic (exact) mass is 362 g/mol. The molecule has 1 aromatic carbocycles. The van der Waals surface area contributed by atoms with Gasteiger partial charge in [-0.1, -0.05) is 31.4 Å². The molecule has 2 N–H and O–H groups in total. The predicted octanol–water partition coefficient (Wildman–Crippen LogP) is 4.07. The van der Waals surface area contributed by atoms with E-state index in [4.69, 9.17) is 11.6 Å². The molecule has 0 saturated heterocycles. The fourth-order valence-corrected chi connectivity index (χ4v) is 3.50. The highest BCUT2D eigenvalue weighted by molar-refractivity contribution is 7.86. The topological polar surface area (TPSA) is 66.9 Å². The summed E-state index contributed by atoms with van der Waals surface area (Å²) in [5, 5.41) is 3.78. The lowest BCUT2D eigenvalue weighted by Gasteiger charge is -2.11. The molecule has 0 aliphatic carbocycles. The third-order valence-corrected chi connectivity index (χ3v) is 4.97. The normalized spacial score (nSPS) is 12.1. The van der Waals surface area contributed by atoms with E-state index in [9.17, 15) is 8.60 Å². The van der Waals surface area contributed by atoms with Crippen molar-refractivity contribution in [2.75, 3.05) is 16.6 Å². The minimum Gasteiger partial charge on any atom is -0.384 e. The van der Waals surface area contributed by atoms with Crippen LogP contribution in [-0.2, 0) is 11.0 Å². The zero-order valence-corrected chi connectivity index (χ0v) is 14.3. The number of nitrogens with one attached hydrogen (secondary N) is 2. The summed E-state index contributed by atoms with van der Waals surface area (Å²) in [5.74, 6) is -0.585. The number of hydrogen-bond donors (Lipinski definition) is 2. The summed E-state index contributed by atoms with van der Waals surface area (Å²) in [6, 6.07) is 2.63. The predicted molar refractivity (Wildman–Crippen MR) is 89.4 cm³/mol. The van der Waals surface area contributed by atoms with Gasteiger partial charge in [0.15, 0.2) is 11.0 Å². The van der Waals surface area contributed by atoms with Gasteiger partial charge in [-0.3, -0.25) is 4.72 Å². The lowest BCUT2D eigenvalue weighted by atomic mass is 10.2. The molecular weight excluding hydrogens is 347 g/mol. The van der Waals surface area contributed by atoms with Crippen LogP contribution in [-0.4, -0.2) is 20.1 Å². The quantitative estimate of drug-likeness (QED) is 0.695. The lowest BCUT2D eigenvalue weighted by molar-refractivity contribution is 0.596. The van der Waals surface area contributed by atoms with Gasteiger partial charge in [0.2, 0.25) is 5.13 Å². The van der Waals surface area contributed by atoms with E-state index in [1.54, 1.807) is 0 Å². The van der Waals surface area contributed by atoms with E-state index >= 15 is 0 Å². The summed E-state index contributed by atoms with van der Waals surface area (Å²) in [4.78, 5) is 3.83. The minimum absolute atomic E-state index is 0.0145. The van der Waals surface area contributed by atoms with Crippen molar-refractivity contribution in [1.82, 2.24) is 9.36 Å². The molecule has 0 bridgehead atoms. The van der Waals surface area contributed by atoms with Gasteiger partial charge in [0.1, 0.15) is 12.1 Å². The molecule has 0 aliphatic rings. The molecule has 0 aliphatic heterocycles. The van der Waals surface area contributed by atoms with Gasteiger partial charge in [0.25, 0.3) is 0 Å². The first-order valence-corrected chi connectivity index (χ1v) is 9.10. The van der Waals surface area contributed by atoms with Crippen molar-refractivity contribution >= 4 is 44.9 Å². The number of anilines is 2. The second kappa shape index (κ2) is 8.40. The van der Waals surface area contributed by atoms with Gasteiger partial charge in [-0.15, -0.1) is 0 Å². The number of rotatable bonds is 8. The Labute approximate surface area is 140 Å². The number of hydrogen-bond acceptors (Lipinski definition) is 5. The first-order chi connectivity index (χ1) is 10.6. The Kier molecular flexibility index (Phi) is 6.53. The van der Waals surface area contributed by atoms with Crippen molar-refractivity contribution < 1.29 is 8.60 Å². The molecule has 9 heteroatoms. The second-order valence-electron chi connectivity index (χ2n) is 4.51. The van der Waals surface area contributed by atoms with E-state index in [1.165, 1.54) is 18.5 Å². The molecule has 1 unspecified atom stereocenters. The smallest absolute Gasteiger partial charge is 0.214 e. The highest BCUT2D eigenvalue weighted by atomic mass is 35.5.